The second-order valence-corrected chi connectivity index (χ2v) is 5.31. The summed E-state index contributed by atoms with van der Waals surface area (Å²) in [4.78, 5) is 2.21. The van der Waals surface area contributed by atoms with Gasteiger partial charge in [-0.1, -0.05) is 6.07 Å². The third-order valence-electron chi connectivity index (χ3n) is 3.39. The fourth-order valence-corrected chi connectivity index (χ4v) is 2.14. The van der Waals surface area contributed by atoms with Crippen LogP contribution in [0.5, 0.6) is 0 Å². The largest absolute Gasteiger partial charge is 0.397 e. The number of hydrogen-bond donors (Lipinski definition) is 1. The van der Waals surface area contributed by atoms with Crippen LogP contribution in [-0.2, 0) is 0 Å². The Hall–Kier alpha value is -1.32. The van der Waals surface area contributed by atoms with Gasteiger partial charge in [-0.05, 0) is 44.7 Å². The number of benzene rings is 1. The van der Waals surface area contributed by atoms with Gasteiger partial charge in [-0.3, -0.25) is 0 Å². The van der Waals surface area contributed by atoms with E-state index in [0.29, 0.717) is 11.7 Å². The minimum atomic E-state index is -2.46. The summed E-state index contributed by atoms with van der Waals surface area (Å²) in [5, 5.41) is 0. The number of nitrogens with zero attached hydrogens (tertiary/aromatic N) is 1. The molecule has 1 aliphatic rings. The van der Waals surface area contributed by atoms with Crippen molar-refractivity contribution in [1.29, 1.82) is 0 Å². The first-order chi connectivity index (χ1) is 8.49. The van der Waals surface area contributed by atoms with Gasteiger partial charge >= 0.3 is 0 Å². The lowest BCUT2D eigenvalue weighted by molar-refractivity contribution is 0.151. The van der Waals surface area contributed by atoms with Gasteiger partial charge in [0.05, 0.1) is 11.4 Å². The van der Waals surface area contributed by atoms with Crippen molar-refractivity contribution >= 4 is 11.4 Å². The molecule has 1 fully saturated rings. The van der Waals surface area contributed by atoms with Gasteiger partial charge in [0.2, 0.25) is 0 Å². The molecule has 0 heterocycles. The first-order valence-corrected chi connectivity index (χ1v) is 6.43. The van der Waals surface area contributed by atoms with E-state index in [9.17, 15) is 8.78 Å². The highest BCUT2D eigenvalue weighted by molar-refractivity contribution is 5.69. The first-order valence-electron chi connectivity index (χ1n) is 6.43. The predicted molar refractivity (Wildman–Crippen MR) is 71.0 cm³/mol. The Morgan fingerprint density at radius 3 is 2.44 bits per heavy atom. The van der Waals surface area contributed by atoms with Crippen molar-refractivity contribution in [3.63, 3.8) is 0 Å². The molecule has 2 nitrogen and oxygen atoms in total. The van der Waals surface area contributed by atoms with Gasteiger partial charge in [-0.25, -0.2) is 8.78 Å². The van der Waals surface area contributed by atoms with Crippen LogP contribution in [0.1, 0.15) is 38.7 Å². The number of nitrogens with two attached hydrogens (primary N) is 1. The van der Waals surface area contributed by atoms with E-state index in [0.717, 1.165) is 18.2 Å². The fourth-order valence-electron chi connectivity index (χ4n) is 2.14. The lowest BCUT2D eigenvalue weighted by atomic mass is 10.1. The highest BCUT2D eigenvalue weighted by Gasteiger charge is 2.26. The van der Waals surface area contributed by atoms with Crippen molar-refractivity contribution in [2.45, 2.75) is 39.2 Å². The number of halogens is 2. The maximum Gasteiger partial charge on any atom is 0.263 e. The molecular formula is C14H20F2N2. The van der Waals surface area contributed by atoms with Gasteiger partial charge in [0.15, 0.2) is 0 Å². The highest BCUT2D eigenvalue weighted by atomic mass is 19.3. The van der Waals surface area contributed by atoms with Crippen LogP contribution >= 0.6 is 0 Å². The minimum Gasteiger partial charge on any atom is -0.397 e. The summed E-state index contributed by atoms with van der Waals surface area (Å²) < 4.78 is 25.2. The quantitative estimate of drug-likeness (QED) is 0.809. The average molecular weight is 254 g/mol. The molecule has 1 aliphatic carbocycles. The number of anilines is 2. The van der Waals surface area contributed by atoms with Crippen LogP contribution in [0.3, 0.4) is 0 Å². The second-order valence-electron chi connectivity index (χ2n) is 5.31. The van der Waals surface area contributed by atoms with E-state index in [4.69, 9.17) is 5.73 Å². The third-order valence-corrected chi connectivity index (χ3v) is 3.39. The molecule has 0 unspecified atom stereocenters. The summed E-state index contributed by atoms with van der Waals surface area (Å²) in [6.45, 7) is 5.17. The van der Waals surface area contributed by atoms with Gasteiger partial charge in [0, 0.05) is 18.2 Å². The molecule has 0 atom stereocenters. The molecule has 0 aromatic heterocycles. The van der Waals surface area contributed by atoms with Gasteiger partial charge in [0.1, 0.15) is 0 Å². The number of rotatable bonds is 5. The maximum absolute atomic E-state index is 12.6. The summed E-state index contributed by atoms with van der Waals surface area (Å²) in [5.74, 6) is 0.738. The molecule has 0 amide bonds. The summed E-state index contributed by atoms with van der Waals surface area (Å²) in [6, 6.07) is 4.91. The van der Waals surface area contributed by atoms with E-state index < -0.39 is 6.43 Å². The zero-order valence-corrected chi connectivity index (χ0v) is 10.9. The molecule has 2 N–H and O–H groups in total. The van der Waals surface area contributed by atoms with E-state index in [-0.39, 0.29) is 5.56 Å². The Bertz CT molecular complexity index is 414. The van der Waals surface area contributed by atoms with Crippen LogP contribution < -0.4 is 10.6 Å². The van der Waals surface area contributed by atoms with Gasteiger partial charge in [0.25, 0.3) is 6.43 Å². The summed E-state index contributed by atoms with van der Waals surface area (Å²) in [7, 11) is 0. The van der Waals surface area contributed by atoms with Crippen molar-refractivity contribution in [3.8, 4) is 0 Å². The van der Waals surface area contributed by atoms with Crippen molar-refractivity contribution in [2.24, 2.45) is 5.92 Å². The Balaban J connectivity index is 2.23. The molecule has 1 saturated carbocycles. The predicted octanol–water partition coefficient (Wildman–Crippen LogP) is 3.83. The fraction of sp³-hybridized carbons (Fsp3) is 0.571. The van der Waals surface area contributed by atoms with Crippen molar-refractivity contribution in [1.82, 2.24) is 0 Å². The van der Waals surface area contributed by atoms with Gasteiger partial charge in [-0.15, -0.1) is 0 Å². The summed E-state index contributed by atoms with van der Waals surface area (Å²) in [6.07, 6.45) is 0.0634. The van der Waals surface area contributed by atoms with Gasteiger partial charge < -0.3 is 10.6 Å². The number of alkyl halides is 2. The number of hydrogen-bond acceptors (Lipinski definition) is 2. The molecule has 0 spiro atoms. The molecule has 1 aromatic rings. The molecule has 0 radical (unpaired) electrons. The molecule has 100 valence electrons. The Kier molecular flexibility index (Phi) is 3.73. The zero-order chi connectivity index (χ0) is 13.3. The Morgan fingerprint density at radius 2 is 2.00 bits per heavy atom. The molecule has 0 saturated heterocycles. The van der Waals surface area contributed by atoms with E-state index in [1.54, 1.807) is 6.07 Å². The van der Waals surface area contributed by atoms with Crippen LogP contribution in [-0.4, -0.2) is 12.6 Å². The smallest absolute Gasteiger partial charge is 0.263 e. The van der Waals surface area contributed by atoms with Crippen molar-refractivity contribution in [3.05, 3.63) is 23.8 Å². The van der Waals surface area contributed by atoms with Gasteiger partial charge in [-0.2, -0.15) is 0 Å². The first kappa shape index (κ1) is 13.1. The van der Waals surface area contributed by atoms with Crippen LogP contribution in [0, 0.1) is 5.92 Å². The SMILES string of the molecule is CC(C)N(CC1CC1)c1ccc(C(F)F)cc1N. The molecule has 18 heavy (non-hydrogen) atoms. The molecular weight excluding hydrogens is 234 g/mol. The minimum absolute atomic E-state index is 0.00798. The van der Waals surface area contributed by atoms with E-state index in [2.05, 4.69) is 18.7 Å². The van der Waals surface area contributed by atoms with E-state index >= 15 is 0 Å². The molecule has 0 aliphatic heterocycles. The van der Waals surface area contributed by atoms with Crippen LogP contribution in [0.2, 0.25) is 0 Å². The van der Waals surface area contributed by atoms with E-state index in [1.807, 2.05) is 0 Å². The van der Waals surface area contributed by atoms with Crippen molar-refractivity contribution in [2.75, 3.05) is 17.2 Å². The zero-order valence-electron chi connectivity index (χ0n) is 10.9. The van der Waals surface area contributed by atoms with Crippen LogP contribution in [0.25, 0.3) is 0 Å². The summed E-state index contributed by atoms with van der Waals surface area (Å²) >= 11 is 0. The highest BCUT2D eigenvalue weighted by Crippen LogP contribution is 2.35. The molecule has 1 aromatic carbocycles. The van der Waals surface area contributed by atoms with Crippen LogP contribution in [0.4, 0.5) is 20.2 Å². The Labute approximate surface area is 107 Å². The summed E-state index contributed by atoms with van der Waals surface area (Å²) in [5.41, 5.74) is 7.23. The van der Waals surface area contributed by atoms with Crippen LogP contribution in [0.15, 0.2) is 18.2 Å². The second kappa shape index (κ2) is 5.12. The Morgan fingerprint density at radius 1 is 1.33 bits per heavy atom. The third kappa shape index (κ3) is 2.92. The lowest BCUT2D eigenvalue weighted by Gasteiger charge is -2.30. The lowest BCUT2D eigenvalue weighted by Crippen LogP contribution is -2.33. The molecule has 4 heteroatoms. The topological polar surface area (TPSA) is 29.3 Å². The molecule has 2 rings (SSSR count). The van der Waals surface area contributed by atoms with E-state index in [1.165, 1.54) is 25.0 Å². The maximum atomic E-state index is 12.6. The standard InChI is InChI=1S/C14H20F2N2/c1-9(2)18(8-10-3-4-10)13-6-5-11(14(15)16)7-12(13)17/h5-7,9-10,14H,3-4,8,17H2,1-2H3. The normalized spacial score (nSPS) is 15.4. The molecule has 0 bridgehead atoms. The average Bonchev–Trinajstić information content (AvgIpc) is 3.09. The van der Waals surface area contributed by atoms with Crippen molar-refractivity contribution < 1.29 is 8.78 Å². The monoisotopic (exact) mass is 254 g/mol. The number of nitrogen functional groups attached to an aromatic ring is 1.